The van der Waals surface area contributed by atoms with Gasteiger partial charge in [-0.2, -0.15) is 0 Å². The highest BCUT2D eigenvalue weighted by atomic mass is 35.5. The lowest BCUT2D eigenvalue weighted by molar-refractivity contribution is -0.579. The van der Waals surface area contributed by atoms with Gasteiger partial charge < -0.3 is 5.21 Å². The number of hydrogen-bond donors (Lipinski definition) is 1. The summed E-state index contributed by atoms with van der Waals surface area (Å²) in [5, 5.41) is 11.2. The Kier molecular flexibility index (Phi) is 3.37. The summed E-state index contributed by atoms with van der Waals surface area (Å²) in [5.41, 5.74) is -1.16. The predicted octanol–water partition coefficient (Wildman–Crippen LogP) is 0.512. The maximum absolute atomic E-state index is 13.7. The van der Waals surface area contributed by atoms with Crippen LogP contribution >= 0.6 is 11.6 Å². The lowest BCUT2D eigenvalue weighted by Crippen LogP contribution is -2.41. The summed E-state index contributed by atoms with van der Waals surface area (Å²) in [7, 11) is 0. The molecule has 3 aromatic rings. The van der Waals surface area contributed by atoms with Crippen LogP contribution in [-0.2, 0) is 0 Å². The van der Waals surface area contributed by atoms with Crippen molar-refractivity contribution in [2.75, 3.05) is 0 Å². The van der Waals surface area contributed by atoms with E-state index >= 15 is 0 Å². The standard InChI is InChI=1S/C13H9ClFN5O3/c1-5-9(6(2)17-4-16-5)19-12-7(11(21)18-13(19)22)3-8(15)10(14)20(12)23/h3-4H,1-2H3,(H,18,21,22). The van der Waals surface area contributed by atoms with Crippen LogP contribution in [-0.4, -0.2) is 19.5 Å². The van der Waals surface area contributed by atoms with Gasteiger partial charge in [0.25, 0.3) is 5.56 Å². The number of pyridine rings is 1. The van der Waals surface area contributed by atoms with Gasteiger partial charge in [0.1, 0.15) is 11.7 Å². The van der Waals surface area contributed by atoms with Gasteiger partial charge in [-0.1, -0.05) is 0 Å². The van der Waals surface area contributed by atoms with E-state index in [1.165, 1.54) is 6.33 Å². The summed E-state index contributed by atoms with van der Waals surface area (Å²) in [5.74, 6) is -1.07. The third kappa shape index (κ3) is 2.16. The molecular weight excluding hydrogens is 329 g/mol. The number of nitrogens with one attached hydrogen (secondary N) is 1. The highest BCUT2D eigenvalue weighted by molar-refractivity contribution is 6.28. The van der Waals surface area contributed by atoms with Crippen molar-refractivity contribution < 1.29 is 9.12 Å². The SMILES string of the molecule is Cc1ncnc(C)c1-n1c(=O)[nH]c(=O)c2cc(F)c(Cl)[n+]([O-])c21. The molecule has 118 valence electrons. The molecule has 3 heterocycles. The van der Waals surface area contributed by atoms with E-state index in [2.05, 4.69) is 9.97 Å². The normalized spacial score (nSPS) is 11.1. The Labute approximate surface area is 132 Å². The third-order valence-corrected chi connectivity index (χ3v) is 3.71. The van der Waals surface area contributed by atoms with Crippen LogP contribution < -0.4 is 16.0 Å². The van der Waals surface area contributed by atoms with Crippen molar-refractivity contribution in [2.45, 2.75) is 13.8 Å². The molecule has 23 heavy (non-hydrogen) atoms. The summed E-state index contributed by atoms with van der Waals surface area (Å²) in [4.78, 5) is 34.2. The summed E-state index contributed by atoms with van der Waals surface area (Å²) in [6, 6.07) is 0.801. The highest BCUT2D eigenvalue weighted by Crippen LogP contribution is 2.19. The van der Waals surface area contributed by atoms with E-state index in [0.717, 1.165) is 10.6 Å². The summed E-state index contributed by atoms with van der Waals surface area (Å²) in [6.45, 7) is 3.21. The van der Waals surface area contributed by atoms with E-state index in [1.807, 2.05) is 4.98 Å². The van der Waals surface area contributed by atoms with E-state index in [9.17, 15) is 19.2 Å². The molecule has 0 saturated carbocycles. The van der Waals surface area contributed by atoms with Crippen molar-refractivity contribution in [3.63, 3.8) is 0 Å². The smallest absolute Gasteiger partial charge is 0.421 e. The highest BCUT2D eigenvalue weighted by Gasteiger charge is 2.25. The van der Waals surface area contributed by atoms with Crippen LogP contribution in [0.25, 0.3) is 16.7 Å². The zero-order valence-electron chi connectivity index (χ0n) is 11.9. The second-order valence-corrected chi connectivity index (χ2v) is 5.16. The van der Waals surface area contributed by atoms with Crippen LogP contribution in [0.5, 0.6) is 0 Å². The molecule has 0 bridgehead atoms. The van der Waals surface area contributed by atoms with Gasteiger partial charge in [-0.25, -0.2) is 23.9 Å². The van der Waals surface area contributed by atoms with Crippen LogP contribution in [0.1, 0.15) is 11.4 Å². The second kappa shape index (κ2) is 5.13. The predicted molar refractivity (Wildman–Crippen MR) is 79.2 cm³/mol. The maximum atomic E-state index is 13.7. The first-order chi connectivity index (χ1) is 10.8. The zero-order valence-corrected chi connectivity index (χ0v) is 12.7. The Morgan fingerprint density at radius 2 is 1.91 bits per heavy atom. The van der Waals surface area contributed by atoms with Gasteiger partial charge in [0.05, 0.1) is 11.4 Å². The monoisotopic (exact) mass is 337 g/mol. The van der Waals surface area contributed by atoms with Gasteiger partial charge in [-0.3, -0.25) is 9.78 Å². The Morgan fingerprint density at radius 1 is 1.30 bits per heavy atom. The summed E-state index contributed by atoms with van der Waals surface area (Å²) >= 11 is 5.62. The molecule has 0 aliphatic heterocycles. The number of rotatable bonds is 1. The summed E-state index contributed by atoms with van der Waals surface area (Å²) in [6.07, 6.45) is 1.30. The number of aromatic amines is 1. The zero-order chi connectivity index (χ0) is 16.9. The Bertz CT molecular complexity index is 1060. The molecule has 0 aliphatic rings. The first-order valence-electron chi connectivity index (χ1n) is 6.38. The van der Waals surface area contributed by atoms with Crippen molar-refractivity contribution in [2.24, 2.45) is 0 Å². The van der Waals surface area contributed by atoms with Crippen LogP contribution in [0.4, 0.5) is 4.39 Å². The van der Waals surface area contributed by atoms with Crippen molar-refractivity contribution in [3.8, 4) is 5.69 Å². The van der Waals surface area contributed by atoms with Gasteiger partial charge in [0.15, 0.2) is 11.5 Å². The van der Waals surface area contributed by atoms with Crippen molar-refractivity contribution in [1.29, 1.82) is 0 Å². The molecule has 1 N–H and O–H groups in total. The first kappa shape index (κ1) is 15.1. The molecule has 0 saturated heterocycles. The van der Waals surface area contributed by atoms with Crippen molar-refractivity contribution in [1.82, 2.24) is 19.5 Å². The third-order valence-electron chi connectivity index (χ3n) is 3.37. The number of fused-ring (bicyclic) bond motifs is 1. The molecule has 3 aromatic heterocycles. The van der Waals surface area contributed by atoms with E-state index in [0.29, 0.717) is 11.4 Å². The lowest BCUT2D eigenvalue weighted by Gasteiger charge is -2.12. The quantitative estimate of drug-likeness (QED) is 0.395. The average Bonchev–Trinajstić information content (AvgIpc) is 2.48. The minimum Gasteiger partial charge on any atom is -0.709 e. The summed E-state index contributed by atoms with van der Waals surface area (Å²) < 4.78 is 14.6. The Balaban J connectivity index is 2.65. The minimum absolute atomic E-state index is 0.00522. The molecule has 10 heteroatoms. The molecule has 0 aromatic carbocycles. The number of aryl methyl sites for hydroxylation is 2. The van der Waals surface area contributed by atoms with Gasteiger partial charge >= 0.3 is 11.3 Å². The molecule has 0 atom stereocenters. The Hall–Kier alpha value is -2.81. The fraction of sp³-hybridized carbons (Fsp3) is 0.154. The number of nitrogens with zero attached hydrogens (tertiary/aromatic N) is 4. The molecular formula is C13H9ClFN5O3. The molecule has 0 radical (unpaired) electrons. The second-order valence-electron chi connectivity index (χ2n) is 4.80. The van der Waals surface area contributed by atoms with Crippen LogP contribution in [0.15, 0.2) is 22.0 Å². The van der Waals surface area contributed by atoms with Gasteiger partial charge in [0, 0.05) is 6.07 Å². The maximum Gasteiger partial charge on any atom is 0.421 e. The largest absolute Gasteiger partial charge is 0.709 e. The van der Waals surface area contributed by atoms with Crippen LogP contribution in [0.3, 0.4) is 0 Å². The van der Waals surface area contributed by atoms with Gasteiger partial charge in [-0.15, -0.1) is 4.57 Å². The molecule has 3 rings (SSSR count). The molecule has 0 fully saturated rings. The van der Waals surface area contributed by atoms with Crippen LogP contribution in [0.2, 0.25) is 5.15 Å². The topological polar surface area (TPSA) is 108 Å². The van der Waals surface area contributed by atoms with E-state index in [-0.39, 0.29) is 15.8 Å². The number of hydrogen-bond acceptors (Lipinski definition) is 5. The lowest BCUT2D eigenvalue weighted by atomic mass is 10.2. The Morgan fingerprint density at radius 3 is 2.52 bits per heavy atom. The van der Waals surface area contributed by atoms with Crippen LogP contribution in [0, 0.1) is 24.9 Å². The fourth-order valence-corrected chi connectivity index (χ4v) is 2.50. The van der Waals surface area contributed by atoms with E-state index < -0.39 is 27.9 Å². The average molecular weight is 338 g/mol. The van der Waals surface area contributed by atoms with Crippen molar-refractivity contribution >= 4 is 22.6 Å². The molecule has 0 spiro atoms. The van der Waals surface area contributed by atoms with Gasteiger partial charge in [-0.05, 0) is 25.4 Å². The molecule has 8 nitrogen and oxygen atoms in total. The van der Waals surface area contributed by atoms with E-state index in [1.54, 1.807) is 13.8 Å². The fourth-order valence-electron chi connectivity index (χ4n) is 2.36. The number of H-pyrrole nitrogens is 1. The minimum atomic E-state index is -1.07. The molecule has 0 aliphatic carbocycles. The van der Waals surface area contributed by atoms with Crippen molar-refractivity contribution in [3.05, 3.63) is 60.8 Å². The number of aromatic nitrogens is 5. The first-order valence-corrected chi connectivity index (χ1v) is 6.76. The molecule has 0 unspecified atom stereocenters. The molecule has 0 amide bonds. The van der Waals surface area contributed by atoms with Gasteiger partial charge in [0.2, 0.25) is 5.15 Å². The number of halogens is 2. The van der Waals surface area contributed by atoms with E-state index in [4.69, 9.17) is 11.6 Å².